The summed E-state index contributed by atoms with van der Waals surface area (Å²) in [4.78, 5) is 2.38. The Bertz CT molecular complexity index is 490. The van der Waals surface area contributed by atoms with Crippen molar-refractivity contribution in [2.24, 2.45) is 5.73 Å². The first-order valence-electron chi connectivity index (χ1n) is 5.54. The van der Waals surface area contributed by atoms with Gasteiger partial charge in [-0.2, -0.15) is 4.37 Å². The van der Waals surface area contributed by atoms with E-state index in [1.807, 2.05) is 0 Å². The minimum Gasteiger partial charge on any atom is -0.328 e. The molecule has 2 N–H and O–H groups in total. The maximum Gasteiger partial charge on any atom is 0.108 e. The van der Waals surface area contributed by atoms with E-state index in [0.29, 0.717) is 12.1 Å². The molecule has 0 bridgehead atoms. The summed E-state index contributed by atoms with van der Waals surface area (Å²) in [6, 6.07) is 2.93. The largest absolute Gasteiger partial charge is 0.328 e. The fourth-order valence-electron chi connectivity index (χ4n) is 2.37. The van der Waals surface area contributed by atoms with Crippen molar-refractivity contribution in [2.45, 2.75) is 24.9 Å². The lowest BCUT2D eigenvalue weighted by Crippen LogP contribution is -2.40. The molecule has 3 nitrogen and oxygen atoms in total. The van der Waals surface area contributed by atoms with Crippen molar-refractivity contribution in [1.82, 2.24) is 9.27 Å². The van der Waals surface area contributed by atoms with Crippen LogP contribution in [0, 0.1) is 0 Å². The maximum absolute atomic E-state index is 6.06. The lowest BCUT2D eigenvalue weighted by Gasteiger charge is -2.34. The van der Waals surface area contributed by atoms with E-state index in [0.717, 1.165) is 19.4 Å². The standard InChI is InChI=1S/C11H15N3S2/c1-14-4-2-7(12)6-9(14)10-8-3-5-15-11(8)16-13-10/h3,5,7,9H,2,4,6,12H2,1H3. The van der Waals surface area contributed by atoms with Crippen LogP contribution in [0.15, 0.2) is 11.4 Å². The van der Waals surface area contributed by atoms with Gasteiger partial charge in [0.05, 0.1) is 11.7 Å². The molecule has 0 saturated carbocycles. The Morgan fingerprint density at radius 2 is 2.44 bits per heavy atom. The zero-order valence-corrected chi connectivity index (χ0v) is 10.9. The molecule has 0 amide bonds. The van der Waals surface area contributed by atoms with Gasteiger partial charge in [0, 0.05) is 11.4 Å². The Balaban J connectivity index is 1.99. The first-order valence-corrected chi connectivity index (χ1v) is 7.19. The van der Waals surface area contributed by atoms with Crippen molar-refractivity contribution in [3.05, 3.63) is 17.1 Å². The second-order valence-corrected chi connectivity index (χ2v) is 6.42. The first kappa shape index (κ1) is 10.7. The highest BCUT2D eigenvalue weighted by Gasteiger charge is 2.28. The summed E-state index contributed by atoms with van der Waals surface area (Å²) in [6.07, 6.45) is 2.13. The number of likely N-dealkylation sites (tertiary alicyclic amines) is 1. The minimum absolute atomic E-state index is 0.330. The van der Waals surface area contributed by atoms with Crippen LogP contribution in [0.5, 0.6) is 0 Å². The normalized spacial score (nSPS) is 27.6. The molecule has 2 aromatic rings. The minimum atomic E-state index is 0.330. The van der Waals surface area contributed by atoms with Crippen molar-refractivity contribution >= 4 is 32.3 Å². The van der Waals surface area contributed by atoms with Gasteiger partial charge in [-0.15, -0.1) is 11.3 Å². The summed E-state index contributed by atoms with van der Waals surface area (Å²) >= 11 is 3.40. The highest BCUT2D eigenvalue weighted by Crippen LogP contribution is 2.36. The van der Waals surface area contributed by atoms with Crippen molar-refractivity contribution in [2.75, 3.05) is 13.6 Å². The van der Waals surface area contributed by atoms with Crippen LogP contribution in [-0.2, 0) is 0 Å². The van der Waals surface area contributed by atoms with Gasteiger partial charge >= 0.3 is 0 Å². The third kappa shape index (κ3) is 1.68. The number of thiophene rings is 1. The number of nitrogens with zero attached hydrogens (tertiary/aromatic N) is 2. The van der Waals surface area contributed by atoms with Crippen LogP contribution in [0.2, 0.25) is 0 Å². The average molecular weight is 253 g/mol. The van der Waals surface area contributed by atoms with E-state index in [1.54, 1.807) is 22.9 Å². The number of rotatable bonds is 1. The molecule has 0 spiro atoms. The number of piperidine rings is 1. The second-order valence-electron chi connectivity index (χ2n) is 4.47. The molecule has 2 aromatic heterocycles. The molecule has 3 rings (SSSR count). The lowest BCUT2D eigenvalue weighted by atomic mass is 9.95. The zero-order valence-electron chi connectivity index (χ0n) is 9.22. The Kier molecular flexibility index (Phi) is 2.71. The third-order valence-corrected chi connectivity index (χ3v) is 5.25. The lowest BCUT2D eigenvalue weighted by molar-refractivity contribution is 0.170. The predicted octanol–water partition coefficient (Wildman–Crippen LogP) is 2.45. The van der Waals surface area contributed by atoms with Crippen LogP contribution in [0.1, 0.15) is 24.6 Å². The molecule has 1 fully saturated rings. The summed E-state index contributed by atoms with van der Waals surface area (Å²) in [6.45, 7) is 1.08. The topological polar surface area (TPSA) is 42.1 Å². The van der Waals surface area contributed by atoms with E-state index in [-0.39, 0.29) is 0 Å². The van der Waals surface area contributed by atoms with Crippen molar-refractivity contribution in [1.29, 1.82) is 0 Å². The first-order chi connectivity index (χ1) is 7.75. The molecule has 0 aliphatic carbocycles. The summed E-state index contributed by atoms with van der Waals surface area (Å²) in [5, 5.41) is 3.48. The number of nitrogens with two attached hydrogens (primary N) is 1. The van der Waals surface area contributed by atoms with E-state index >= 15 is 0 Å². The van der Waals surface area contributed by atoms with Gasteiger partial charge in [-0.3, -0.25) is 4.90 Å². The summed E-state index contributed by atoms with van der Waals surface area (Å²) in [5.41, 5.74) is 7.30. The van der Waals surface area contributed by atoms with Gasteiger partial charge in [0.1, 0.15) is 4.01 Å². The summed E-state index contributed by atoms with van der Waals surface area (Å²) in [5.74, 6) is 0. The molecule has 0 aromatic carbocycles. The summed E-state index contributed by atoms with van der Waals surface area (Å²) < 4.78 is 5.95. The molecule has 16 heavy (non-hydrogen) atoms. The second kappa shape index (κ2) is 4.07. The van der Waals surface area contributed by atoms with Gasteiger partial charge in [-0.1, -0.05) is 0 Å². The molecule has 3 heterocycles. The van der Waals surface area contributed by atoms with Crippen LogP contribution in [-0.4, -0.2) is 28.9 Å². The fourth-order valence-corrected chi connectivity index (χ4v) is 4.12. The quantitative estimate of drug-likeness (QED) is 0.849. The predicted molar refractivity (Wildman–Crippen MR) is 70.1 cm³/mol. The molecule has 5 heteroatoms. The van der Waals surface area contributed by atoms with Crippen LogP contribution in [0.3, 0.4) is 0 Å². The highest BCUT2D eigenvalue weighted by molar-refractivity contribution is 7.35. The SMILES string of the molecule is CN1CCC(N)CC1c1nsc2sccc12. The average Bonchev–Trinajstić information content (AvgIpc) is 2.83. The van der Waals surface area contributed by atoms with Crippen molar-refractivity contribution in [3.8, 4) is 0 Å². The molecular formula is C11H15N3S2. The van der Waals surface area contributed by atoms with Gasteiger partial charge in [0.2, 0.25) is 0 Å². The van der Waals surface area contributed by atoms with Gasteiger partial charge in [-0.05, 0) is 49.4 Å². The van der Waals surface area contributed by atoms with Crippen LogP contribution < -0.4 is 5.73 Å². The monoisotopic (exact) mass is 253 g/mol. The van der Waals surface area contributed by atoms with E-state index in [9.17, 15) is 0 Å². The maximum atomic E-state index is 6.06. The van der Waals surface area contributed by atoms with E-state index in [4.69, 9.17) is 5.73 Å². The number of fused-ring (bicyclic) bond motifs is 1. The molecule has 86 valence electrons. The Labute approximate surface area is 103 Å². The van der Waals surface area contributed by atoms with Gasteiger partial charge in [0.25, 0.3) is 0 Å². The van der Waals surface area contributed by atoms with Crippen LogP contribution >= 0.6 is 22.9 Å². The molecule has 2 atom stereocenters. The Morgan fingerprint density at radius 1 is 1.56 bits per heavy atom. The zero-order chi connectivity index (χ0) is 11.1. The Hall–Kier alpha value is -0.490. The van der Waals surface area contributed by atoms with Gasteiger partial charge in [0.15, 0.2) is 0 Å². The number of aromatic nitrogens is 1. The molecule has 1 aliphatic rings. The molecule has 1 saturated heterocycles. The van der Waals surface area contributed by atoms with Crippen LogP contribution in [0.4, 0.5) is 0 Å². The smallest absolute Gasteiger partial charge is 0.108 e. The summed E-state index contributed by atoms with van der Waals surface area (Å²) in [7, 11) is 2.17. The number of hydrogen-bond donors (Lipinski definition) is 1. The molecule has 2 unspecified atom stereocenters. The highest BCUT2D eigenvalue weighted by atomic mass is 32.2. The fraction of sp³-hybridized carbons (Fsp3) is 0.545. The van der Waals surface area contributed by atoms with E-state index in [1.165, 1.54) is 15.1 Å². The van der Waals surface area contributed by atoms with Crippen molar-refractivity contribution < 1.29 is 0 Å². The third-order valence-electron chi connectivity index (χ3n) is 3.36. The molecule has 0 radical (unpaired) electrons. The van der Waals surface area contributed by atoms with Crippen molar-refractivity contribution in [3.63, 3.8) is 0 Å². The van der Waals surface area contributed by atoms with E-state index < -0.39 is 0 Å². The van der Waals surface area contributed by atoms with Gasteiger partial charge in [-0.25, -0.2) is 0 Å². The van der Waals surface area contributed by atoms with E-state index in [2.05, 4.69) is 27.8 Å². The van der Waals surface area contributed by atoms with Crippen LogP contribution in [0.25, 0.3) is 9.40 Å². The molecule has 1 aliphatic heterocycles. The molecular weight excluding hydrogens is 238 g/mol. The Morgan fingerprint density at radius 3 is 3.31 bits per heavy atom. The number of hydrogen-bond acceptors (Lipinski definition) is 5. The van der Waals surface area contributed by atoms with Gasteiger partial charge < -0.3 is 5.73 Å².